The van der Waals surface area contributed by atoms with Crippen molar-refractivity contribution in [3.05, 3.63) is 35.9 Å². The van der Waals surface area contributed by atoms with Gasteiger partial charge in [0, 0.05) is 0 Å². The van der Waals surface area contributed by atoms with Crippen LogP contribution in [0.3, 0.4) is 0 Å². The van der Waals surface area contributed by atoms with Crippen molar-refractivity contribution < 1.29 is 14.6 Å². The highest BCUT2D eigenvalue weighted by Crippen LogP contribution is 2.07. The van der Waals surface area contributed by atoms with E-state index in [0.29, 0.717) is 6.61 Å². The number of carbonyl (C=O) groups is 1. The summed E-state index contributed by atoms with van der Waals surface area (Å²) in [6, 6.07) is 9.40. The third kappa shape index (κ3) is 3.57. The molecule has 1 unspecified atom stereocenters. The van der Waals surface area contributed by atoms with E-state index in [2.05, 4.69) is 15.9 Å². The standard InChI is InChI=1S/C9H9BrO3/c10-8(9(11)12)13-6-7-4-2-1-3-5-7/h1-5,8H,6H2,(H,11,12). The van der Waals surface area contributed by atoms with Crippen LogP contribution in [0.4, 0.5) is 0 Å². The largest absolute Gasteiger partial charge is 0.479 e. The molecule has 4 heteroatoms. The fraction of sp³-hybridized carbons (Fsp3) is 0.222. The predicted octanol–water partition coefficient (Wildman–Crippen LogP) is 2.01. The number of hydrogen-bond acceptors (Lipinski definition) is 2. The Bertz CT molecular complexity index is 273. The monoisotopic (exact) mass is 244 g/mol. The maximum Gasteiger partial charge on any atom is 0.344 e. The molecule has 3 nitrogen and oxygen atoms in total. The second-order valence-corrected chi connectivity index (χ2v) is 3.28. The molecule has 0 radical (unpaired) electrons. The van der Waals surface area contributed by atoms with E-state index in [4.69, 9.17) is 9.84 Å². The number of halogens is 1. The van der Waals surface area contributed by atoms with Crippen molar-refractivity contribution in [3.8, 4) is 0 Å². The van der Waals surface area contributed by atoms with Gasteiger partial charge in [0.2, 0.25) is 5.01 Å². The zero-order valence-corrected chi connectivity index (χ0v) is 8.40. The summed E-state index contributed by atoms with van der Waals surface area (Å²) >= 11 is 2.88. The van der Waals surface area contributed by atoms with E-state index in [0.717, 1.165) is 5.56 Å². The van der Waals surface area contributed by atoms with Crippen LogP contribution in [0.1, 0.15) is 5.56 Å². The molecule has 13 heavy (non-hydrogen) atoms. The number of rotatable bonds is 4. The van der Waals surface area contributed by atoms with Gasteiger partial charge in [0.1, 0.15) is 0 Å². The predicted molar refractivity (Wildman–Crippen MR) is 51.6 cm³/mol. The van der Waals surface area contributed by atoms with Crippen molar-refractivity contribution in [2.45, 2.75) is 11.6 Å². The maximum atomic E-state index is 10.3. The highest BCUT2D eigenvalue weighted by molar-refractivity contribution is 9.09. The van der Waals surface area contributed by atoms with Crippen molar-refractivity contribution in [2.24, 2.45) is 0 Å². The first-order chi connectivity index (χ1) is 6.20. The Balaban J connectivity index is 2.39. The van der Waals surface area contributed by atoms with Gasteiger partial charge in [-0.05, 0) is 21.5 Å². The fourth-order valence-electron chi connectivity index (χ4n) is 0.815. The molecule has 0 aliphatic rings. The van der Waals surface area contributed by atoms with E-state index < -0.39 is 11.0 Å². The molecule has 0 saturated carbocycles. The molecule has 1 aromatic carbocycles. The zero-order chi connectivity index (χ0) is 9.68. The number of carboxylic acid groups (broad SMARTS) is 1. The van der Waals surface area contributed by atoms with Crippen molar-refractivity contribution in [1.82, 2.24) is 0 Å². The fourth-order valence-corrected chi connectivity index (χ4v) is 0.947. The Morgan fingerprint density at radius 1 is 1.46 bits per heavy atom. The van der Waals surface area contributed by atoms with Crippen molar-refractivity contribution in [3.63, 3.8) is 0 Å². The zero-order valence-electron chi connectivity index (χ0n) is 6.81. The molecule has 0 saturated heterocycles. The van der Waals surface area contributed by atoms with Crippen LogP contribution >= 0.6 is 15.9 Å². The van der Waals surface area contributed by atoms with Gasteiger partial charge in [-0.3, -0.25) is 0 Å². The summed E-state index contributed by atoms with van der Waals surface area (Å²) in [7, 11) is 0. The molecular weight excluding hydrogens is 236 g/mol. The Labute approximate surface area is 84.5 Å². The van der Waals surface area contributed by atoms with Crippen LogP contribution in [-0.2, 0) is 16.1 Å². The molecule has 0 aliphatic heterocycles. The van der Waals surface area contributed by atoms with Gasteiger partial charge in [0.25, 0.3) is 0 Å². The van der Waals surface area contributed by atoms with Gasteiger partial charge in [0.15, 0.2) is 0 Å². The highest BCUT2D eigenvalue weighted by Gasteiger charge is 2.12. The average molecular weight is 245 g/mol. The van der Waals surface area contributed by atoms with Gasteiger partial charge in [-0.2, -0.15) is 0 Å². The molecule has 0 bridgehead atoms. The van der Waals surface area contributed by atoms with Crippen molar-refractivity contribution in [2.75, 3.05) is 0 Å². The average Bonchev–Trinajstić information content (AvgIpc) is 2.15. The van der Waals surface area contributed by atoms with Crippen molar-refractivity contribution >= 4 is 21.9 Å². The normalized spacial score (nSPS) is 12.4. The molecular formula is C9H9BrO3. The lowest BCUT2D eigenvalue weighted by molar-refractivity contribution is -0.144. The van der Waals surface area contributed by atoms with Crippen LogP contribution in [0.2, 0.25) is 0 Å². The minimum absolute atomic E-state index is 0.295. The highest BCUT2D eigenvalue weighted by atomic mass is 79.9. The molecule has 1 atom stereocenters. The number of alkyl halides is 1. The summed E-state index contributed by atoms with van der Waals surface area (Å²) in [6.07, 6.45) is 0. The number of ether oxygens (including phenoxy) is 1. The summed E-state index contributed by atoms with van der Waals surface area (Å²) in [4.78, 5) is 10.3. The van der Waals surface area contributed by atoms with Crippen molar-refractivity contribution in [1.29, 1.82) is 0 Å². The van der Waals surface area contributed by atoms with Crippen LogP contribution in [0.15, 0.2) is 30.3 Å². The quantitative estimate of drug-likeness (QED) is 0.825. The molecule has 1 N–H and O–H groups in total. The van der Waals surface area contributed by atoms with E-state index in [1.165, 1.54) is 0 Å². The third-order valence-electron chi connectivity index (χ3n) is 1.43. The molecule has 1 aromatic rings. The van der Waals surface area contributed by atoms with Gasteiger partial charge in [-0.1, -0.05) is 30.3 Å². The summed E-state index contributed by atoms with van der Waals surface area (Å²) in [5, 5.41) is 7.55. The number of benzene rings is 1. The summed E-state index contributed by atoms with van der Waals surface area (Å²) < 4.78 is 5.01. The van der Waals surface area contributed by atoms with E-state index in [1.54, 1.807) is 0 Å². The minimum atomic E-state index is -1.02. The van der Waals surface area contributed by atoms with E-state index in [9.17, 15) is 4.79 Å². The number of aliphatic carboxylic acids is 1. The van der Waals surface area contributed by atoms with Crippen LogP contribution < -0.4 is 0 Å². The number of carboxylic acids is 1. The first-order valence-corrected chi connectivity index (χ1v) is 4.64. The SMILES string of the molecule is O=C(O)C(Br)OCc1ccccc1. The molecule has 0 heterocycles. The Morgan fingerprint density at radius 2 is 2.08 bits per heavy atom. The topological polar surface area (TPSA) is 46.5 Å². The molecule has 0 fully saturated rings. The molecule has 0 spiro atoms. The Morgan fingerprint density at radius 3 is 2.62 bits per heavy atom. The Hall–Kier alpha value is -0.870. The first-order valence-electron chi connectivity index (χ1n) is 3.72. The molecule has 0 aromatic heterocycles. The van der Waals surface area contributed by atoms with Gasteiger partial charge < -0.3 is 9.84 Å². The van der Waals surface area contributed by atoms with Crippen LogP contribution in [0, 0.1) is 0 Å². The van der Waals surface area contributed by atoms with E-state index in [-0.39, 0.29) is 0 Å². The number of hydrogen-bond donors (Lipinski definition) is 1. The molecule has 70 valence electrons. The van der Waals surface area contributed by atoms with Crippen LogP contribution in [0.25, 0.3) is 0 Å². The van der Waals surface area contributed by atoms with Gasteiger partial charge in [-0.25, -0.2) is 4.79 Å². The summed E-state index contributed by atoms with van der Waals surface area (Å²) in [5.41, 5.74) is 0.952. The maximum absolute atomic E-state index is 10.3. The molecule has 1 rings (SSSR count). The lowest BCUT2D eigenvalue weighted by atomic mass is 10.2. The lowest BCUT2D eigenvalue weighted by Crippen LogP contribution is -2.16. The van der Waals surface area contributed by atoms with E-state index >= 15 is 0 Å². The van der Waals surface area contributed by atoms with Gasteiger partial charge in [-0.15, -0.1) is 0 Å². The molecule has 0 aliphatic carbocycles. The summed E-state index contributed by atoms with van der Waals surface area (Å²) in [6.45, 7) is 0.295. The first kappa shape index (κ1) is 10.2. The minimum Gasteiger partial charge on any atom is -0.479 e. The van der Waals surface area contributed by atoms with Crippen LogP contribution in [-0.4, -0.2) is 16.1 Å². The van der Waals surface area contributed by atoms with Gasteiger partial charge in [0.05, 0.1) is 6.61 Å². The second kappa shape index (κ2) is 4.99. The smallest absolute Gasteiger partial charge is 0.344 e. The van der Waals surface area contributed by atoms with Gasteiger partial charge >= 0.3 is 5.97 Å². The van der Waals surface area contributed by atoms with E-state index in [1.807, 2.05) is 30.3 Å². The van der Waals surface area contributed by atoms with Crippen LogP contribution in [0.5, 0.6) is 0 Å². The lowest BCUT2D eigenvalue weighted by Gasteiger charge is -2.06. The summed E-state index contributed by atoms with van der Waals surface area (Å²) in [5.74, 6) is -1.02. The Kier molecular flexibility index (Phi) is 3.92. The third-order valence-corrected chi connectivity index (χ3v) is 2.09. The molecule has 0 amide bonds. The second-order valence-electron chi connectivity index (χ2n) is 2.45.